The van der Waals surface area contributed by atoms with Crippen LogP contribution in [0.3, 0.4) is 0 Å². The Bertz CT molecular complexity index is 1380. The van der Waals surface area contributed by atoms with E-state index in [-0.39, 0.29) is 34.8 Å². The summed E-state index contributed by atoms with van der Waals surface area (Å²) in [6.07, 6.45) is 3.20. The molecule has 0 aliphatic carbocycles. The molecule has 1 saturated heterocycles. The number of nitrogens with zero attached hydrogens (tertiary/aromatic N) is 1. The Hall–Kier alpha value is -3.49. The zero-order valence-corrected chi connectivity index (χ0v) is 22.0. The summed E-state index contributed by atoms with van der Waals surface area (Å²) in [5, 5.41) is 8.03. The number of aryl methyl sites for hydroxylation is 1. The molecule has 1 aliphatic rings. The third-order valence-electron chi connectivity index (χ3n) is 6.87. The number of benzene rings is 3. The van der Waals surface area contributed by atoms with Gasteiger partial charge in [-0.2, -0.15) is 4.31 Å². The normalized spacial score (nSPS) is 20.3. The summed E-state index contributed by atoms with van der Waals surface area (Å²) in [6, 6.07) is 19.8. The molecule has 0 saturated carbocycles. The minimum Gasteiger partial charge on any atom is -0.350 e. The number of carbonyl (C=O) groups excluding carboxylic acids is 2. The zero-order chi connectivity index (χ0) is 26.6. The second-order valence-corrected chi connectivity index (χ2v) is 11.5. The molecule has 37 heavy (non-hydrogen) atoms. The first-order chi connectivity index (χ1) is 17.7. The van der Waals surface area contributed by atoms with E-state index >= 15 is 0 Å². The van der Waals surface area contributed by atoms with Gasteiger partial charge in [0.15, 0.2) is 0 Å². The fraction of sp³-hybridized carbons (Fsp3) is 0.310. The van der Waals surface area contributed by atoms with Crippen LogP contribution in [0.2, 0.25) is 0 Å². The summed E-state index contributed by atoms with van der Waals surface area (Å²) >= 11 is 0. The van der Waals surface area contributed by atoms with Gasteiger partial charge in [-0.05, 0) is 79.8 Å². The first kappa shape index (κ1) is 26.6. The van der Waals surface area contributed by atoms with E-state index in [4.69, 9.17) is 0 Å². The minimum atomic E-state index is -3.74. The number of rotatable bonds is 8. The van der Waals surface area contributed by atoms with Crippen LogP contribution in [-0.2, 0) is 26.0 Å². The Morgan fingerprint density at radius 1 is 0.973 bits per heavy atom. The van der Waals surface area contributed by atoms with Gasteiger partial charge in [0, 0.05) is 30.2 Å². The smallest absolute Gasteiger partial charge is 0.243 e. The monoisotopic (exact) mass is 519 g/mol. The van der Waals surface area contributed by atoms with Crippen molar-refractivity contribution < 1.29 is 18.0 Å². The molecule has 8 heteroatoms. The molecule has 2 unspecified atom stereocenters. The van der Waals surface area contributed by atoms with E-state index in [1.165, 1.54) is 22.5 Å². The van der Waals surface area contributed by atoms with Gasteiger partial charge >= 0.3 is 0 Å². The van der Waals surface area contributed by atoms with Gasteiger partial charge in [-0.3, -0.25) is 9.59 Å². The Morgan fingerprint density at radius 3 is 2.30 bits per heavy atom. The van der Waals surface area contributed by atoms with Crippen LogP contribution < -0.4 is 10.6 Å². The van der Waals surface area contributed by atoms with E-state index in [1.807, 2.05) is 38.1 Å². The molecule has 2 amide bonds. The van der Waals surface area contributed by atoms with Gasteiger partial charge in [-0.15, -0.1) is 0 Å². The molecule has 0 aromatic heterocycles. The highest BCUT2D eigenvalue weighted by Crippen LogP contribution is 2.30. The van der Waals surface area contributed by atoms with Crippen LogP contribution >= 0.6 is 0 Å². The number of carbonyl (C=O) groups is 2. The van der Waals surface area contributed by atoms with Crippen LogP contribution in [0.1, 0.15) is 38.7 Å². The van der Waals surface area contributed by atoms with Crippen molar-refractivity contribution in [3.63, 3.8) is 0 Å². The maximum absolute atomic E-state index is 13.4. The molecule has 2 N–H and O–H groups in total. The summed E-state index contributed by atoms with van der Waals surface area (Å²) in [5.74, 6) is -0.384. The number of anilines is 1. The van der Waals surface area contributed by atoms with Crippen molar-refractivity contribution in [2.45, 2.75) is 62.6 Å². The Balaban J connectivity index is 1.38. The molecule has 3 aromatic carbocycles. The van der Waals surface area contributed by atoms with E-state index < -0.39 is 10.0 Å². The summed E-state index contributed by atoms with van der Waals surface area (Å²) in [6.45, 7) is 7.18. The summed E-state index contributed by atoms with van der Waals surface area (Å²) in [4.78, 5) is 24.4. The summed E-state index contributed by atoms with van der Waals surface area (Å²) in [5.41, 5.74) is 1.67. The molecule has 0 radical (unpaired) electrons. The number of sulfonamides is 1. The lowest BCUT2D eigenvalue weighted by Gasteiger charge is -2.41. The van der Waals surface area contributed by atoms with Gasteiger partial charge in [0.1, 0.15) is 0 Å². The number of fused-ring (bicyclic) bond motifs is 1. The first-order valence-corrected chi connectivity index (χ1v) is 14.0. The van der Waals surface area contributed by atoms with Crippen molar-refractivity contribution in [3.8, 4) is 0 Å². The Kier molecular flexibility index (Phi) is 8.10. The van der Waals surface area contributed by atoms with Crippen LogP contribution in [0.4, 0.5) is 5.69 Å². The Morgan fingerprint density at radius 2 is 1.62 bits per heavy atom. The lowest BCUT2D eigenvalue weighted by Crippen LogP contribution is -2.54. The second kappa shape index (κ2) is 11.3. The van der Waals surface area contributed by atoms with Crippen molar-refractivity contribution in [3.05, 3.63) is 84.9 Å². The fourth-order valence-corrected chi connectivity index (χ4v) is 7.07. The predicted octanol–water partition coefficient (Wildman–Crippen LogP) is 4.64. The van der Waals surface area contributed by atoms with Crippen molar-refractivity contribution >= 4 is 38.3 Å². The molecule has 7 nitrogen and oxygen atoms in total. The molecule has 0 bridgehead atoms. The van der Waals surface area contributed by atoms with Crippen LogP contribution in [0.5, 0.6) is 0 Å². The van der Waals surface area contributed by atoms with E-state index in [1.54, 1.807) is 12.1 Å². The molecule has 4 rings (SSSR count). The molecule has 1 aliphatic heterocycles. The van der Waals surface area contributed by atoms with Gasteiger partial charge in [0.2, 0.25) is 21.8 Å². The number of amides is 2. The lowest BCUT2D eigenvalue weighted by molar-refractivity contribution is -0.118. The maximum Gasteiger partial charge on any atom is 0.243 e. The largest absolute Gasteiger partial charge is 0.350 e. The Labute approximate surface area is 218 Å². The van der Waals surface area contributed by atoms with Gasteiger partial charge in [0.05, 0.1) is 4.90 Å². The average Bonchev–Trinajstić information content (AvgIpc) is 2.87. The van der Waals surface area contributed by atoms with Crippen LogP contribution in [0.25, 0.3) is 10.8 Å². The number of hydrogen-bond donors (Lipinski definition) is 2. The third kappa shape index (κ3) is 6.09. The minimum absolute atomic E-state index is 0.103. The van der Waals surface area contributed by atoms with Crippen LogP contribution in [0.15, 0.2) is 84.3 Å². The highest BCUT2D eigenvalue weighted by Gasteiger charge is 2.39. The van der Waals surface area contributed by atoms with E-state index in [0.29, 0.717) is 31.4 Å². The first-order valence-electron chi connectivity index (χ1n) is 12.5. The van der Waals surface area contributed by atoms with Crippen molar-refractivity contribution in [2.75, 3.05) is 5.32 Å². The van der Waals surface area contributed by atoms with Crippen LogP contribution in [0, 0.1) is 0 Å². The summed E-state index contributed by atoms with van der Waals surface area (Å²) in [7, 11) is -3.74. The highest BCUT2D eigenvalue weighted by atomic mass is 32.2. The standard InChI is InChI=1S/C29H33N3O4S/c1-4-28(33)31-25-18-20(2)32(21(3)19-25)37(35,36)26-15-13-24(14-16-26)30-29(34)17-12-23-10-7-9-22-8-5-6-11-27(22)23/h4-11,13-16,20-21,25H,1,12,17-19H2,2-3H3,(H,30,34)(H,31,33). The molecule has 2 atom stereocenters. The van der Waals surface area contributed by atoms with Crippen molar-refractivity contribution in [1.29, 1.82) is 0 Å². The van der Waals surface area contributed by atoms with Gasteiger partial charge in [-0.25, -0.2) is 8.42 Å². The molecular formula is C29H33N3O4S. The molecule has 3 aromatic rings. The third-order valence-corrected chi connectivity index (χ3v) is 9.01. The highest BCUT2D eigenvalue weighted by molar-refractivity contribution is 7.89. The SMILES string of the molecule is C=CC(=O)NC1CC(C)N(S(=O)(=O)c2ccc(NC(=O)CCc3cccc4ccccc34)cc2)C(C)C1. The molecule has 194 valence electrons. The van der Waals surface area contributed by atoms with E-state index in [0.717, 1.165) is 16.3 Å². The van der Waals surface area contributed by atoms with Crippen LogP contribution in [-0.4, -0.2) is 42.7 Å². The van der Waals surface area contributed by atoms with Gasteiger partial charge in [-0.1, -0.05) is 49.0 Å². The lowest BCUT2D eigenvalue weighted by atomic mass is 9.95. The topological polar surface area (TPSA) is 95.6 Å². The predicted molar refractivity (Wildman–Crippen MR) is 147 cm³/mol. The molecular weight excluding hydrogens is 486 g/mol. The number of hydrogen-bond acceptors (Lipinski definition) is 4. The van der Waals surface area contributed by atoms with E-state index in [9.17, 15) is 18.0 Å². The zero-order valence-electron chi connectivity index (χ0n) is 21.2. The van der Waals surface area contributed by atoms with Gasteiger partial charge < -0.3 is 10.6 Å². The maximum atomic E-state index is 13.4. The summed E-state index contributed by atoms with van der Waals surface area (Å²) < 4.78 is 28.4. The molecule has 1 heterocycles. The quantitative estimate of drug-likeness (QED) is 0.424. The number of piperidine rings is 1. The van der Waals surface area contributed by atoms with Crippen molar-refractivity contribution in [1.82, 2.24) is 9.62 Å². The molecule has 1 fully saturated rings. The van der Waals surface area contributed by atoms with Gasteiger partial charge in [0.25, 0.3) is 0 Å². The molecule has 0 spiro atoms. The van der Waals surface area contributed by atoms with Crippen molar-refractivity contribution in [2.24, 2.45) is 0 Å². The van der Waals surface area contributed by atoms with E-state index in [2.05, 4.69) is 35.4 Å². The fourth-order valence-electron chi connectivity index (χ4n) is 5.23. The number of nitrogens with one attached hydrogen (secondary N) is 2. The average molecular weight is 520 g/mol. The second-order valence-electron chi connectivity index (χ2n) is 9.62.